The highest BCUT2D eigenvalue weighted by Gasteiger charge is 2.28. The molecule has 7 heteroatoms. The van der Waals surface area contributed by atoms with Gasteiger partial charge in [0, 0.05) is 12.0 Å². The number of hydrogen-bond acceptors (Lipinski definition) is 2. The minimum Gasteiger partial charge on any atom is -0.294 e. The predicted octanol–water partition coefficient (Wildman–Crippen LogP) is 4.80. The molecule has 1 heterocycles. The minimum atomic E-state index is -4.28. The Morgan fingerprint density at radius 2 is 2.00 bits per heavy atom. The van der Waals surface area contributed by atoms with Gasteiger partial charge in [-0.25, -0.2) is 0 Å². The molecule has 0 aliphatic heterocycles. The number of carbonyl (C=O) groups is 1. The molecule has 0 fully saturated rings. The van der Waals surface area contributed by atoms with Gasteiger partial charge in [-0.1, -0.05) is 0 Å². The summed E-state index contributed by atoms with van der Waals surface area (Å²) in [5, 5.41) is 0. The van der Waals surface area contributed by atoms with Gasteiger partial charge in [-0.3, -0.25) is 4.79 Å². The molecule has 1 rings (SSSR count). The standard InChI is InChI=1S/C8H5Br2F3OS/c9-6-3-4(7(10)15-6)5(14)1-2-8(11,12)13/h3H,1-2H2. The largest absolute Gasteiger partial charge is 0.389 e. The minimum absolute atomic E-state index is 0.302. The molecule has 0 aliphatic rings. The summed E-state index contributed by atoms with van der Waals surface area (Å²) in [5.41, 5.74) is 0.302. The summed E-state index contributed by atoms with van der Waals surface area (Å²) < 4.78 is 36.9. The molecule has 1 aromatic heterocycles. The first-order chi connectivity index (χ1) is 6.79. The van der Waals surface area contributed by atoms with E-state index in [4.69, 9.17) is 0 Å². The Morgan fingerprint density at radius 3 is 2.40 bits per heavy atom. The highest BCUT2D eigenvalue weighted by Crippen LogP contribution is 2.33. The van der Waals surface area contributed by atoms with E-state index in [2.05, 4.69) is 31.9 Å². The van der Waals surface area contributed by atoms with Crippen LogP contribution >= 0.6 is 43.2 Å². The normalized spacial score (nSPS) is 11.8. The van der Waals surface area contributed by atoms with Gasteiger partial charge in [0.05, 0.1) is 14.0 Å². The highest BCUT2D eigenvalue weighted by atomic mass is 79.9. The molecule has 0 radical (unpaired) electrons. The third-order valence-corrected chi connectivity index (χ3v) is 3.93. The zero-order valence-electron chi connectivity index (χ0n) is 7.20. The second-order valence-corrected chi connectivity index (χ2v) is 6.53. The number of thiophene rings is 1. The van der Waals surface area contributed by atoms with Crippen LogP contribution in [0.4, 0.5) is 13.2 Å². The van der Waals surface area contributed by atoms with E-state index in [0.29, 0.717) is 13.1 Å². The molecule has 0 saturated heterocycles. The molecule has 0 saturated carbocycles. The number of alkyl halides is 3. The quantitative estimate of drug-likeness (QED) is 0.703. The molecule has 0 unspecified atom stereocenters. The van der Waals surface area contributed by atoms with Gasteiger partial charge in [0.2, 0.25) is 0 Å². The first-order valence-electron chi connectivity index (χ1n) is 3.84. The van der Waals surface area contributed by atoms with Gasteiger partial charge in [-0.05, 0) is 37.9 Å². The zero-order chi connectivity index (χ0) is 11.6. The van der Waals surface area contributed by atoms with Crippen molar-refractivity contribution in [1.82, 2.24) is 0 Å². The van der Waals surface area contributed by atoms with Crippen LogP contribution in [0.2, 0.25) is 0 Å². The molecule has 0 N–H and O–H groups in total. The lowest BCUT2D eigenvalue weighted by atomic mass is 10.1. The lowest BCUT2D eigenvalue weighted by Gasteiger charge is -2.04. The maximum Gasteiger partial charge on any atom is 0.389 e. The molecule has 84 valence electrons. The number of Topliss-reactive ketones (excluding diaryl/α,β-unsaturated/α-hetero) is 1. The van der Waals surface area contributed by atoms with Crippen LogP contribution in [0.3, 0.4) is 0 Å². The molecule has 0 aliphatic carbocycles. The number of hydrogen-bond donors (Lipinski definition) is 0. The molecule has 0 aromatic carbocycles. The second-order valence-electron chi connectivity index (χ2n) is 2.78. The van der Waals surface area contributed by atoms with Gasteiger partial charge in [0.25, 0.3) is 0 Å². The second kappa shape index (κ2) is 4.97. The van der Waals surface area contributed by atoms with Gasteiger partial charge in [0.1, 0.15) is 0 Å². The summed E-state index contributed by atoms with van der Waals surface area (Å²) in [7, 11) is 0. The van der Waals surface area contributed by atoms with Gasteiger partial charge >= 0.3 is 6.18 Å². The Morgan fingerprint density at radius 1 is 1.40 bits per heavy atom. The summed E-state index contributed by atoms with van der Waals surface area (Å²) in [6, 6.07) is 1.52. The first-order valence-corrected chi connectivity index (χ1v) is 6.24. The van der Waals surface area contributed by atoms with E-state index in [0.717, 1.165) is 0 Å². The van der Waals surface area contributed by atoms with Crippen LogP contribution in [0.25, 0.3) is 0 Å². The first kappa shape index (κ1) is 13.2. The lowest BCUT2D eigenvalue weighted by molar-refractivity contribution is -0.133. The average Bonchev–Trinajstić information content (AvgIpc) is 2.40. The summed E-state index contributed by atoms with van der Waals surface area (Å²) in [5.74, 6) is -0.499. The molecule has 0 amide bonds. The van der Waals surface area contributed by atoms with Crippen molar-refractivity contribution in [3.05, 3.63) is 19.2 Å². The number of ketones is 1. The molecule has 1 aromatic rings. The maximum atomic E-state index is 11.9. The van der Waals surface area contributed by atoms with Crippen molar-refractivity contribution in [3.63, 3.8) is 0 Å². The lowest BCUT2D eigenvalue weighted by Crippen LogP contribution is -2.10. The third kappa shape index (κ3) is 4.24. The van der Waals surface area contributed by atoms with Crippen LogP contribution < -0.4 is 0 Å². The summed E-state index contributed by atoms with van der Waals surface area (Å²) >= 11 is 7.54. The Bertz CT molecular complexity index is 372. The van der Waals surface area contributed by atoms with E-state index in [1.54, 1.807) is 0 Å². The molecule has 15 heavy (non-hydrogen) atoms. The molecule has 0 atom stereocenters. The molecular weight excluding hydrogens is 361 g/mol. The topological polar surface area (TPSA) is 17.1 Å². The zero-order valence-corrected chi connectivity index (χ0v) is 11.2. The van der Waals surface area contributed by atoms with Crippen molar-refractivity contribution in [2.24, 2.45) is 0 Å². The Labute approximate surface area is 105 Å². The predicted molar refractivity (Wildman–Crippen MR) is 59.3 cm³/mol. The smallest absolute Gasteiger partial charge is 0.294 e. The molecule has 0 spiro atoms. The van der Waals surface area contributed by atoms with Crippen molar-refractivity contribution >= 4 is 49.0 Å². The summed E-state index contributed by atoms with van der Waals surface area (Å²) in [6.45, 7) is 0. The Hall–Kier alpha value is 0.120. The van der Waals surface area contributed by atoms with Crippen molar-refractivity contribution in [1.29, 1.82) is 0 Å². The fourth-order valence-electron chi connectivity index (χ4n) is 0.920. The van der Waals surface area contributed by atoms with E-state index in [-0.39, 0.29) is 0 Å². The van der Waals surface area contributed by atoms with Crippen LogP contribution in [-0.4, -0.2) is 12.0 Å². The number of carbonyl (C=O) groups excluding carboxylic acids is 1. The van der Waals surface area contributed by atoms with Crippen LogP contribution in [0.1, 0.15) is 23.2 Å². The van der Waals surface area contributed by atoms with E-state index >= 15 is 0 Å². The Balaban J connectivity index is 2.66. The monoisotopic (exact) mass is 364 g/mol. The summed E-state index contributed by atoms with van der Waals surface area (Å²) in [4.78, 5) is 11.4. The van der Waals surface area contributed by atoms with Crippen LogP contribution in [0.5, 0.6) is 0 Å². The van der Waals surface area contributed by atoms with Gasteiger partial charge < -0.3 is 0 Å². The van der Waals surface area contributed by atoms with Gasteiger partial charge in [-0.2, -0.15) is 13.2 Å². The molecular formula is C8H5Br2F3OS. The van der Waals surface area contributed by atoms with Crippen molar-refractivity contribution in [2.45, 2.75) is 19.0 Å². The number of halogens is 5. The van der Waals surface area contributed by atoms with E-state index in [1.807, 2.05) is 0 Å². The maximum absolute atomic E-state index is 11.9. The van der Waals surface area contributed by atoms with Crippen molar-refractivity contribution in [3.8, 4) is 0 Å². The molecule has 1 nitrogen and oxygen atoms in total. The van der Waals surface area contributed by atoms with E-state index < -0.39 is 24.8 Å². The van der Waals surface area contributed by atoms with E-state index in [1.165, 1.54) is 17.4 Å². The van der Waals surface area contributed by atoms with E-state index in [9.17, 15) is 18.0 Å². The Kier molecular flexibility index (Phi) is 4.37. The molecule has 0 bridgehead atoms. The fourth-order valence-corrected chi connectivity index (χ4v) is 3.78. The SMILES string of the molecule is O=C(CCC(F)(F)F)c1cc(Br)sc1Br. The van der Waals surface area contributed by atoms with Crippen molar-refractivity contribution in [2.75, 3.05) is 0 Å². The fraction of sp³-hybridized carbons (Fsp3) is 0.375. The summed E-state index contributed by atoms with van der Waals surface area (Å²) in [6.07, 6.45) is -5.87. The average molecular weight is 366 g/mol. The van der Waals surface area contributed by atoms with Crippen LogP contribution in [0.15, 0.2) is 13.6 Å². The highest BCUT2D eigenvalue weighted by molar-refractivity contribution is 9.12. The van der Waals surface area contributed by atoms with Crippen molar-refractivity contribution < 1.29 is 18.0 Å². The van der Waals surface area contributed by atoms with Crippen LogP contribution in [-0.2, 0) is 0 Å². The third-order valence-electron chi connectivity index (χ3n) is 1.59. The van der Waals surface area contributed by atoms with Gasteiger partial charge in [-0.15, -0.1) is 11.3 Å². The van der Waals surface area contributed by atoms with Crippen LogP contribution in [0, 0.1) is 0 Å². The number of rotatable bonds is 3. The van der Waals surface area contributed by atoms with Gasteiger partial charge in [0.15, 0.2) is 5.78 Å².